The van der Waals surface area contributed by atoms with E-state index in [2.05, 4.69) is 19.1 Å². The van der Waals surface area contributed by atoms with Gasteiger partial charge in [-0.15, -0.1) is 11.3 Å². The van der Waals surface area contributed by atoms with E-state index in [1.165, 1.54) is 15.8 Å². The fraction of sp³-hybridized carbons (Fsp3) is 0.333. The highest BCUT2D eigenvalue weighted by Gasteiger charge is 2.11. The molecule has 0 saturated carbocycles. The summed E-state index contributed by atoms with van der Waals surface area (Å²) in [7, 11) is 0. The lowest BCUT2D eigenvalue weighted by Crippen LogP contribution is -2.14. The molecule has 0 bridgehead atoms. The van der Waals surface area contributed by atoms with E-state index in [-0.39, 0.29) is 11.9 Å². The topological polar surface area (TPSA) is 26.0 Å². The van der Waals surface area contributed by atoms with Crippen LogP contribution >= 0.6 is 11.3 Å². The van der Waals surface area contributed by atoms with Crippen molar-refractivity contribution < 1.29 is 4.39 Å². The summed E-state index contributed by atoms with van der Waals surface area (Å²) >= 11 is 1.81. The molecule has 0 saturated heterocycles. The third-order valence-corrected chi connectivity index (χ3v) is 4.37. The van der Waals surface area contributed by atoms with Gasteiger partial charge < -0.3 is 5.73 Å². The Balaban J connectivity index is 2.13. The Morgan fingerprint density at radius 2 is 1.94 bits per heavy atom. The highest BCUT2D eigenvalue weighted by Crippen LogP contribution is 2.24. The van der Waals surface area contributed by atoms with E-state index in [4.69, 9.17) is 5.73 Å². The Morgan fingerprint density at radius 3 is 2.56 bits per heavy atom. The van der Waals surface area contributed by atoms with Gasteiger partial charge in [-0.3, -0.25) is 0 Å². The normalized spacial score (nSPS) is 12.7. The zero-order chi connectivity index (χ0) is 13.1. The van der Waals surface area contributed by atoms with Crippen LogP contribution in [0.15, 0.2) is 30.3 Å². The van der Waals surface area contributed by atoms with Gasteiger partial charge >= 0.3 is 0 Å². The van der Waals surface area contributed by atoms with Crippen LogP contribution in [0.3, 0.4) is 0 Å². The maximum Gasteiger partial charge on any atom is 0.123 e. The number of rotatable bonds is 4. The lowest BCUT2D eigenvalue weighted by atomic mass is 9.99. The van der Waals surface area contributed by atoms with Crippen LogP contribution < -0.4 is 5.73 Å². The summed E-state index contributed by atoms with van der Waals surface area (Å²) in [6.45, 7) is 4.06. The minimum absolute atomic E-state index is 0.0612. The highest BCUT2D eigenvalue weighted by molar-refractivity contribution is 7.11. The van der Waals surface area contributed by atoms with Crippen molar-refractivity contribution in [1.29, 1.82) is 0 Å². The molecule has 2 rings (SSSR count). The van der Waals surface area contributed by atoms with Crippen LogP contribution in [-0.2, 0) is 12.8 Å². The van der Waals surface area contributed by atoms with E-state index in [9.17, 15) is 4.39 Å². The van der Waals surface area contributed by atoms with Crippen molar-refractivity contribution in [2.45, 2.75) is 32.7 Å². The van der Waals surface area contributed by atoms with Crippen LogP contribution in [0.2, 0.25) is 0 Å². The molecule has 1 heterocycles. The van der Waals surface area contributed by atoms with Crippen LogP contribution in [0, 0.1) is 12.7 Å². The summed E-state index contributed by atoms with van der Waals surface area (Å²) in [6.07, 6.45) is 1.88. The number of thiophene rings is 1. The molecule has 96 valence electrons. The summed E-state index contributed by atoms with van der Waals surface area (Å²) in [5.74, 6) is -0.201. The maximum absolute atomic E-state index is 13.0. The molecule has 0 aliphatic rings. The first-order valence-corrected chi connectivity index (χ1v) is 7.01. The van der Waals surface area contributed by atoms with Gasteiger partial charge in [0.15, 0.2) is 0 Å². The van der Waals surface area contributed by atoms with Gasteiger partial charge in [-0.05, 0) is 48.7 Å². The molecule has 2 N–H and O–H groups in total. The smallest absolute Gasteiger partial charge is 0.123 e. The first-order chi connectivity index (χ1) is 8.60. The molecule has 0 aliphatic carbocycles. The third kappa shape index (κ3) is 2.98. The largest absolute Gasteiger partial charge is 0.324 e. The molecular weight excluding hydrogens is 245 g/mol. The molecule has 0 aliphatic heterocycles. The lowest BCUT2D eigenvalue weighted by Gasteiger charge is -2.13. The van der Waals surface area contributed by atoms with Gasteiger partial charge in [0.1, 0.15) is 5.82 Å². The van der Waals surface area contributed by atoms with Gasteiger partial charge in [0.25, 0.3) is 0 Å². The molecule has 0 fully saturated rings. The molecule has 18 heavy (non-hydrogen) atoms. The van der Waals surface area contributed by atoms with Gasteiger partial charge in [-0.1, -0.05) is 13.0 Å². The van der Waals surface area contributed by atoms with E-state index >= 15 is 0 Å². The van der Waals surface area contributed by atoms with E-state index in [0.29, 0.717) is 0 Å². The van der Waals surface area contributed by atoms with E-state index < -0.39 is 0 Å². The minimum Gasteiger partial charge on any atom is -0.324 e. The van der Waals surface area contributed by atoms with Crippen molar-refractivity contribution in [3.8, 4) is 0 Å². The number of aryl methyl sites for hydroxylation is 2. The van der Waals surface area contributed by atoms with Crippen molar-refractivity contribution in [3.63, 3.8) is 0 Å². The highest BCUT2D eigenvalue weighted by atomic mass is 32.1. The second-order valence-corrected chi connectivity index (χ2v) is 5.79. The van der Waals surface area contributed by atoms with Gasteiger partial charge in [0.05, 0.1) is 0 Å². The Kier molecular flexibility index (Phi) is 4.15. The Bertz CT molecular complexity index is 533. The van der Waals surface area contributed by atoms with E-state index in [0.717, 1.165) is 24.0 Å². The first-order valence-electron chi connectivity index (χ1n) is 6.19. The fourth-order valence-electron chi connectivity index (χ4n) is 2.10. The molecule has 0 amide bonds. The summed E-state index contributed by atoms with van der Waals surface area (Å²) in [5.41, 5.74) is 8.17. The molecule has 1 unspecified atom stereocenters. The summed E-state index contributed by atoms with van der Waals surface area (Å²) in [6, 6.07) is 9.06. The van der Waals surface area contributed by atoms with Crippen LogP contribution in [0.4, 0.5) is 4.39 Å². The fourth-order valence-corrected chi connectivity index (χ4v) is 3.12. The number of hydrogen-bond donors (Lipinski definition) is 1. The van der Waals surface area contributed by atoms with Crippen LogP contribution in [-0.4, -0.2) is 0 Å². The van der Waals surface area contributed by atoms with Crippen LogP contribution in [0.1, 0.15) is 33.8 Å². The predicted octanol–water partition coefficient (Wildman–Crippen LogP) is 4.00. The van der Waals surface area contributed by atoms with Crippen LogP contribution in [0.25, 0.3) is 0 Å². The van der Waals surface area contributed by atoms with E-state index in [1.54, 1.807) is 12.1 Å². The summed E-state index contributed by atoms with van der Waals surface area (Å²) in [4.78, 5) is 2.68. The molecular formula is C15H18FNS. The zero-order valence-electron chi connectivity index (χ0n) is 10.7. The van der Waals surface area contributed by atoms with Gasteiger partial charge in [-0.2, -0.15) is 0 Å². The molecule has 1 aromatic carbocycles. The van der Waals surface area contributed by atoms with E-state index in [1.807, 2.05) is 18.3 Å². The molecule has 1 nitrogen and oxygen atoms in total. The second-order valence-electron chi connectivity index (χ2n) is 4.53. The molecule has 1 aromatic heterocycles. The van der Waals surface area contributed by atoms with Crippen molar-refractivity contribution >= 4 is 11.3 Å². The standard InChI is InChI=1S/C15H18FNS/c1-3-12-5-6-13(18-12)9-15(17)14-7-4-11(16)8-10(14)2/h4-8,15H,3,9,17H2,1-2H3. The first kappa shape index (κ1) is 13.2. The Labute approximate surface area is 111 Å². The average Bonchev–Trinajstić information content (AvgIpc) is 2.76. The van der Waals surface area contributed by atoms with Gasteiger partial charge in [0.2, 0.25) is 0 Å². The quantitative estimate of drug-likeness (QED) is 0.886. The lowest BCUT2D eigenvalue weighted by molar-refractivity contribution is 0.622. The van der Waals surface area contributed by atoms with Crippen molar-refractivity contribution in [1.82, 2.24) is 0 Å². The van der Waals surface area contributed by atoms with Crippen LogP contribution in [0.5, 0.6) is 0 Å². The molecule has 3 heteroatoms. The maximum atomic E-state index is 13.0. The Hall–Kier alpha value is -1.19. The Morgan fingerprint density at radius 1 is 1.22 bits per heavy atom. The molecule has 2 aromatic rings. The van der Waals surface area contributed by atoms with Crippen molar-refractivity contribution in [3.05, 3.63) is 57.0 Å². The molecule has 0 radical (unpaired) electrons. The summed E-state index contributed by atoms with van der Waals surface area (Å²) < 4.78 is 13.0. The average molecular weight is 263 g/mol. The monoisotopic (exact) mass is 263 g/mol. The molecule has 0 spiro atoms. The number of benzene rings is 1. The SMILES string of the molecule is CCc1ccc(CC(N)c2ccc(F)cc2C)s1. The summed E-state index contributed by atoms with van der Waals surface area (Å²) in [5, 5.41) is 0. The van der Waals surface area contributed by atoms with Crippen molar-refractivity contribution in [2.75, 3.05) is 0 Å². The number of halogens is 1. The molecule has 1 atom stereocenters. The van der Waals surface area contributed by atoms with Gasteiger partial charge in [-0.25, -0.2) is 4.39 Å². The second kappa shape index (κ2) is 5.63. The minimum atomic E-state index is -0.201. The number of nitrogens with two attached hydrogens (primary N) is 1. The number of hydrogen-bond acceptors (Lipinski definition) is 2. The van der Waals surface area contributed by atoms with Gasteiger partial charge in [0, 0.05) is 22.2 Å². The zero-order valence-corrected chi connectivity index (χ0v) is 11.6. The van der Waals surface area contributed by atoms with Crippen molar-refractivity contribution in [2.24, 2.45) is 5.73 Å². The predicted molar refractivity (Wildman–Crippen MR) is 75.5 cm³/mol. The third-order valence-electron chi connectivity index (χ3n) is 3.12.